The normalized spacial score (nSPS) is 12.9. The van der Waals surface area contributed by atoms with Gasteiger partial charge in [0.2, 0.25) is 0 Å². The molecule has 2 N–H and O–H groups in total. The van der Waals surface area contributed by atoms with Gasteiger partial charge in [-0.2, -0.15) is 5.10 Å². The molecule has 0 saturated carbocycles. The Morgan fingerprint density at radius 3 is 2.24 bits per heavy atom. The summed E-state index contributed by atoms with van der Waals surface area (Å²) in [5.74, 6) is -0.492. The van der Waals surface area contributed by atoms with Crippen LogP contribution in [0.1, 0.15) is 59.2 Å². The number of rotatable bonds is 15. The predicted molar refractivity (Wildman–Crippen MR) is 177 cm³/mol. The van der Waals surface area contributed by atoms with E-state index < -0.39 is 32.1 Å². The predicted octanol–water partition coefficient (Wildman–Crippen LogP) is 7.04. The molecular formula is C34H49N3O7Si. The summed E-state index contributed by atoms with van der Waals surface area (Å²) in [6.45, 7) is 17.5. The van der Waals surface area contributed by atoms with Crippen molar-refractivity contribution in [2.24, 2.45) is 0 Å². The fourth-order valence-electron chi connectivity index (χ4n) is 4.07. The summed E-state index contributed by atoms with van der Waals surface area (Å²) in [6, 6.07) is 19.4. The van der Waals surface area contributed by atoms with E-state index in [9.17, 15) is 14.7 Å². The van der Waals surface area contributed by atoms with Crippen molar-refractivity contribution in [3.05, 3.63) is 71.9 Å². The SMILES string of the molecule is CC(C)(C)OC(=O)NCCCn1nc(-c2ccc(OCC(O[Si](C)(C)C(C)(C)C)C(=O)O)cc2)cc1COCc1ccccc1. The smallest absolute Gasteiger partial charge is 0.407 e. The number of alkyl carbamates (subject to hydrolysis) is 1. The first-order chi connectivity index (χ1) is 21.0. The first-order valence-corrected chi connectivity index (χ1v) is 18.2. The Morgan fingerprint density at radius 2 is 1.64 bits per heavy atom. The lowest BCUT2D eigenvalue weighted by atomic mass is 10.1. The second-order valence-corrected chi connectivity index (χ2v) is 18.3. The van der Waals surface area contributed by atoms with E-state index in [-0.39, 0.29) is 11.6 Å². The van der Waals surface area contributed by atoms with Gasteiger partial charge in [0.1, 0.15) is 18.0 Å². The Bertz CT molecular complexity index is 1380. The van der Waals surface area contributed by atoms with Crippen molar-refractivity contribution in [1.82, 2.24) is 15.1 Å². The van der Waals surface area contributed by atoms with Crippen LogP contribution in [-0.4, -0.2) is 60.1 Å². The lowest BCUT2D eigenvalue weighted by molar-refractivity contribution is -0.147. The molecule has 246 valence electrons. The number of carbonyl (C=O) groups is 2. The Morgan fingerprint density at radius 1 is 0.978 bits per heavy atom. The molecule has 0 saturated heterocycles. The standard InChI is InChI=1S/C34H49N3O7Si/c1-33(2,3)43-32(40)35-19-12-20-37-27(23-41-22-25-13-10-9-11-14-25)21-29(36-37)26-15-17-28(18-16-26)42-24-30(31(38)39)44-45(7,8)34(4,5)6/h9-11,13-18,21,30H,12,19-20,22-24H2,1-8H3,(H,35,40)(H,38,39). The van der Waals surface area contributed by atoms with E-state index in [1.54, 1.807) is 12.1 Å². The van der Waals surface area contributed by atoms with E-state index in [0.717, 1.165) is 22.5 Å². The number of amides is 1. The van der Waals surface area contributed by atoms with E-state index in [1.807, 2.05) is 87.1 Å². The quantitative estimate of drug-likeness (QED) is 0.134. The molecule has 1 heterocycles. The van der Waals surface area contributed by atoms with E-state index in [0.29, 0.717) is 38.5 Å². The number of carboxylic acid groups (broad SMARTS) is 1. The molecule has 0 aliphatic rings. The number of carboxylic acids is 1. The van der Waals surface area contributed by atoms with Crippen LogP contribution in [0.2, 0.25) is 18.1 Å². The summed E-state index contributed by atoms with van der Waals surface area (Å²) in [5.41, 5.74) is 3.09. The molecule has 0 aliphatic heterocycles. The number of aryl methyl sites for hydroxylation is 1. The van der Waals surface area contributed by atoms with Crippen molar-refractivity contribution in [3.8, 4) is 17.0 Å². The number of ether oxygens (including phenoxy) is 3. The van der Waals surface area contributed by atoms with E-state index >= 15 is 0 Å². The molecular weight excluding hydrogens is 590 g/mol. The van der Waals surface area contributed by atoms with Crippen molar-refractivity contribution in [3.63, 3.8) is 0 Å². The Kier molecular flexibility index (Phi) is 12.4. The first-order valence-electron chi connectivity index (χ1n) is 15.3. The second-order valence-electron chi connectivity index (χ2n) is 13.5. The van der Waals surface area contributed by atoms with Crippen LogP contribution >= 0.6 is 0 Å². The third-order valence-corrected chi connectivity index (χ3v) is 12.0. The molecule has 0 radical (unpaired) electrons. The van der Waals surface area contributed by atoms with Gasteiger partial charge in [-0.25, -0.2) is 9.59 Å². The molecule has 1 unspecified atom stereocenters. The van der Waals surface area contributed by atoms with Crippen LogP contribution < -0.4 is 10.1 Å². The van der Waals surface area contributed by atoms with E-state index in [4.69, 9.17) is 23.7 Å². The summed E-state index contributed by atoms with van der Waals surface area (Å²) in [6.07, 6.45) is -0.844. The fourth-order valence-corrected chi connectivity index (χ4v) is 5.30. The molecule has 0 aliphatic carbocycles. The average Bonchev–Trinajstić information content (AvgIpc) is 3.35. The summed E-state index contributed by atoms with van der Waals surface area (Å²) in [4.78, 5) is 23.9. The maximum Gasteiger partial charge on any atom is 0.407 e. The average molecular weight is 640 g/mol. The van der Waals surface area contributed by atoms with Gasteiger partial charge in [-0.3, -0.25) is 4.68 Å². The zero-order valence-corrected chi connectivity index (χ0v) is 28.9. The molecule has 1 amide bonds. The number of carbonyl (C=O) groups excluding carboxylic acids is 1. The van der Waals surface area contributed by atoms with Crippen molar-refractivity contribution >= 4 is 20.4 Å². The van der Waals surface area contributed by atoms with E-state index in [2.05, 4.69) is 26.1 Å². The molecule has 0 bridgehead atoms. The molecule has 1 aromatic heterocycles. The topological polar surface area (TPSA) is 121 Å². The number of aromatic nitrogens is 2. The van der Waals surface area contributed by atoms with Gasteiger partial charge < -0.3 is 29.1 Å². The van der Waals surface area contributed by atoms with Gasteiger partial charge in [0, 0.05) is 18.7 Å². The van der Waals surface area contributed by atoms with Crippen LogP contribution in [0.3, 0.4) is 0 Å². The van der Waals surface area contributed by atoms with Gasteiger partial charge in [-0.05, 0) is 81.2 Å². The highest BCUT2D eigenvalue weighted by molar-refractivity contribution is 6.74. The maximum atomic E-state index is 12.0. The van der Waals surface area contributed by atoms with Gasteiger partial charge in [-0.1, -0.05) is 51.1 Å². The third kappa shape index (κ3) is 11.6. The monoisotopic (exact) mass is 639 g/mol. The molecule has 45 heavy (non-hydrogen) atoms. The number of nitrogens with one attached hydrogen (secondary N) is 1. The molecule has 0 spiro atoms. The molecule has 2 aromatic carbocycles. The number of hydrogen-bond acceptors (Lipinski definition) is 7. The number of benzene rings is 2. The van der Waals surface area contributed by atoms with Crippen LogP contribution in [0.5, 0.6) is 5.75 Å². The number of hydrogen-bond donors (Lipinski definition) is 2. The fraction of sp³-hybridized carbons (Fsp3) is 0.500. The lowest BCUT2D eigenvalue weighted by Crippen LogP contribution is -2.47. The van der Waals surface area contributed by atoms with E-state index in [1.165, 1.54) is 0 Å². The van der Waals surface area contributed by atoms with Gasteiger partial charge in [0.25, 0.3) is 0 Å². The van der Waals surface area contributed by atoms with Gasteiger partial charge >= 0.3 is 12.1 Å². The summed E-state index contributed by atoms with van der Waals surface area (Å²) in [7, 11) is -2.29. The second kappa shape index (κ2) is 15.6. The number of aliphatic carboxylic acids is 1. The van der Waals surface area contributed by atoms with Gasteiger partial charge in [-0.15, -0.1) is 0 Å². The Labute approximate surface area is 268 Å². The van der Waals surface area contributed by atoms with Gasteiger partial charge in [0.05, 0.1) is 24.6 Å². The van der Waals surface area contributed by atoms with Crippen LogP contribution in [0.25, 0.3) is 11.3 Å². The van der Waals surface area contributed by atoms with Crippen LogP contribution in [-0.2, 0) is 38.5 Å². The van der Waals surface area contributed by atoms with Crippen molar-refractivity contribution in [2.75, 3.05) is 13.2 Å². The first kappa shape index (κ1) is 35.8. The number of nitrogens with zero attached hydrogens (tertiary/aromatic N) is 2. The highest BCUT2D eigenvalue weighted by Gasteiger charge is 2.41. The van der Waals surface area contributed by atoms with Crippen molar-refractivity contribution < 1.29 is 33.3 Å². The molecule has 0 fully saturated rings. The third-order valence-electron chi connectivity index (χ3n) is 7.51. The minimum absolute atomic E-state index is 0.0873. The van der Waals surface area contributed by atoms with Crippen molar-refractivity contribution in [2.45, 2.75) is 97.6 Å². The van der Waals surface area contributed by atoms with Gasteiger partial charge in [0.15, 0.2) is 14.4 Å². The van der Waals surface area contributed by atoms with Crippen LogP contribution in [0.4, 0.5) is 4.79 Å². The summed E-state index contributed by atoms with van der Waals surface area (Å²) in [5, 5.41) is 17.3. The Balaban J connectivity index is 1.67. The highest BCUT2D eigenvalue weighted by Crippen LogP contribution is 2.37. The maximum absolute atomic E-state index is 12.0. The largest absolute Gasteiger partial charge is 0.490 e. The molecule has 1 atom stereocenters. The van der Waals surface area contributed by atoms with Crippen molar-refractivity contribution in [1.29, 1.82) is 0 Å². The minimum atomic E-state index is -2.29. The highest BCUT2D eigenvalue weighted by atomic mass is 28.4. The Hall–Kier alpha value is -3.67. The van der Waals surface area contributed by atoms with Crippen LogP contribution in [0, 0.1) is 0 Å². The zero-order chi connectivity index (χ0) is 33.3. The molecule has 10 nitrogen and oxygen atoms in total. The molecule has 3 aromatic rings. The zero-order valence-electron chi connectivity index (χ0n) is 27.9. The molecule has 3 rings (SSSR count). The summed E-state index contributed by atoms with van der Waals surface area (Å²) >= 11 is 0. The lowest BCUT2D eigenvalue weighted by Gasteiger charge is -2.38. The molecule has 11 heteroatoms. The minimum Gasteiger partial charge on any atom is -0.490 e. The summed E-state index contributed by atoms with van der Waals surface area (Å²) < 4.78 is 25.2. The van der Waals surface area contributed by atoms with Crippen LogP contribution in [0.15, 0.2) is 60.7 Å².